The SMILES string of the molecule is CCN(c1ccccc1)c1cc(-c2ccccc2)nc(NCCOC)n1. The molecular weight excluding hydrogens is 324 g/mol. The van der Waals surface area contributed by atoms with Crippen LogP contribution in [0.5, 0.6) is 0 Å². The average molecular weight is 348 g/mol. The number of ether oxygens (including phenoxy) is 1. The minimum atomic E-state index is 0.602. The summed E-state index contributed by atoms with van der Waals surface area (Å²) in [6, 6.07) is 22.5. The number of benzene rings is 2. The van der Waals surface area contributed by atoms with Crippen LogP contribution in [0.2, 0.25) is 0 Å². The second-order valence-corrected chi connectivity index (χ2v) is 5.80. The van der Waals surface area contributed by atoms with E-state index in [9.17, 15) is 0 Å². The van der Waals surface area contributed by atoms with Crippen molar-refractivity contribution >= 4 is 17.5 Å². The smallest absolute Gasteiger partial charge is 0.225 e. The van der Waals surface area contributed by atoms with E-state index in [1.807, 2.05) is 42.5 Å². The zero-order valence-electron chi connectivity index (χ0n) is 15.2. The number of para-hydroxylation sites is 1. The van der Waals surface area contributed by atoms with Gasteiger partial charge in [-0.05, 0) is 19.1 Å². The lowest BCUT2D eigenvalue weighted by Gasteiger charge is -2.23. The minimum absolute atomic E-state index is 0.602. The van der Waals surface area contributed by atoms with Gasteiger partial charge < -0.3 is 15.0 Å². The summed E-state index contributed by atoms with van der Waals surface area (Å²) < 4.78 is 5.12. The van der Waals surface area contributed by atoms with Gasteiger partial charge in [-0.15, -0.1) is 0 Å². The highest BCUT2D eigenvalue weighted by Gasteiger charge is 2.13. The lowest BCUT2D eigenvalue weighted by atomic mass is 10.1. The summed E-state index contributed by atoms with van der Waals surface area (Å²) in [5.41, 5.74) is 3.07. The number of nitrogens with one attached hydrogen (secondary N) is 1. The fraction of sp³-hybridized carbons (Fsp3) is 0.238. The van der Waals surface area contributed by atoms with Crippen molar-refractivity contribution < 1.29 is 4.74 Å². The number of anilines is 3. The molecule has 0 bridgehead atoms. The molecule has 0 amide bonds. The molecule has 5 nitrogen and oxygen atoms in total. The Morgan fingerprint density at radius 3 is 2.31 bits per heavy atom. The molecule has 0 radical (unpaired) electrons. The molecule has 0 spiro atoms. The van der Waals surface area contributed by atoms with E-state index in [1.165, 1.54) is 0 Å². The molecule has 1 aromatic heterocycles. The predicted molar refractivity (Wildman–Crippen MR) is 107 cm³/mol. The quantitative estimate of drug-likeness (QED) is 0.613. The summed E-state index contributed by atoms with van der Waals surface area (Å²) in [5.74, 6) is 1.47. The molecule has 0 unspecified atom stereocenters. The van der Waals surface area contributed by atoms with E-state index >= 15 is 0 Å². The van der Waals surface area contributed by atoms with E-state index in [2.05, 4.69) is 46.4 Å². The first-order chi connectivity index (χ1) is 12.8. The highest BCUT2D eigenvalue weighted by molar-refractivity contribution is 5.68. The standard InChI is InChI=1S/C21H24N4O/c1-3-25(18-12-8-5-9-13-18)20-16-19(17-10-6-4-7-11-17)23-21(24-20)22-14-15-26-2/h4-13,16H,3,14-15H2,1-2H3,(H,22,23,24). The van der Waals surface area contributed by atoms with Gasteiger partial charge in [-0.1, -0.05) is 48.5 Å². The Morgan fingerprint density at radius 1 is 0.962 bits per heavy atom. The number of hydrogen-bond donors (Lipinski definition) is 1. The lowest BCUT2D eigenvalue weighted by molar-refractivity contribution is 0.210. The maximum atomic E-state index is 5.12. The van der Waals surface area contributed by atoms with E-state index in [0.717, 1.165) is 29.3 Å². The third kappa shape index (κ3) is 4.37. The molecule has 1 N–H and O–H groups in total. The Morgan fingerprint density at radius 2 is 1.65 bits per heavy atom. The van der Waals surface area contributed by atoms with Gasteiger partial charge in [0.2, 0.25) is 5.95 Å². The maximum absolute atomic E-state index is 5.12. The summed E-state index contributed by atoms with van der Waals surface area (Å²) >= 11 is 0. The molecule has 1 heterocycles. The fourth-order valence-electron chi connectivity index (χ4n) is 2.76. The average Bonchev–Trinajstić information content (AvgIpc) is 2.70. The molecule has 2 aromatic carbocycles. The second kappa shape index (κ2) is 8.97. The number of aromatic nitrogens is 2. The van der Waals surface area contributed by atoms with Crippen molar-refractivity contribution in [3.63, 3.8) is 0 Å². The molecule has 0 saturated carbocycles. The van der Waals surface area contributed by atoms with Crippen LogP contribution in [0.25, 0.3) is 11.3 Å². The van der Waals surface area contributed by atoms with Gasteiger partial charge in [0.15, 0.2) is 0 Å². The van der Waals surface area contributed by atoms with Crippen molar-refractivity contribution in [3.8, 4) is 11.3 Å². The van der Waals surface area contributed by atoms with Crippen LogP contribution in [0.4, 0.5) is 17.5 Å². The molecule has 0 aliphatic carbocycles. The molecule has 3 aromatic rings. The van der Waals surface area contributed by atoms with Gasteiger partial charge in [-0.2, -0.15) is 4.98 Å². The first kappa shape index (κ1) is 17.9. The van der Waals surface area contributed by atoms with Crippen LogP contribution in [0.3, 0.4) is 0 Å². The molecule has 0 fully saturated rings. The Bertz CT molecular complexity index is 809. The summed E-state index contributed by atoms with van der Waals surface area (Å²) in [5, 5.41) is 3.25. The van der Waals surface area contributed by atoms with E-state index < -0.39 is 0 Å². The van der Waals surface area contributed by atoms with Crippen molar-refractivity contribution in [2.24, 2.45) is 0 Å². The minimum Gasteiger partial charge on any atom is -0.383 e. The second-order valence-electron chi connectivity index (χ2n) is 5.80. The van der Waals surface area contributed by atoms with Gasteiger partial charge in [0.25, 0.3) is 0 Å². The van der Waals surface area contributed by atoms with Gasteiger partial charge in [0.05, 0.1) is 12.3 Å². The van der Waals surface area contributed by atoms with Crippen LogP contribution >= 0.6 is 0 Å². The van der Waals surface area contributed by atoms with E-state index in [-0.39, 0.29) is 0 Å². The normalized spacial score (nSPS) is 10.5. The summed E-state index contributed by atoms with van der Waals surface area (Å²) in [6.45, 7) is 4.19. The molecule has 0 atom stereocenters. The number of hydrogen-bond acceptors (Lipinski definition) is 5. The topological polar surface area (TPSA) is 50.3 Å². The largest absolute Gasteiger partial charge is 0.383 e. The molecule has 3 rings (SSSR count). The molecule has 0 aliphatic rings. The van der Waals surface area contributed by atoms with Crippen molar-refractivity contribution in [2.75, 3.05) is 37.0 Å². The van der Waals surface area contributed by atoms with Crippen LogP contribution in [-0.2, 0) is 4.74 Å². The number of nitrogens with zero attached hydrogens (tertiary/aromatic N) is 3. The lowest BCUT2D eigenvalue weighted by Crippen LogP contribution is -2.19. The molecule has 26 heavy (non-hydrogen) atoms. The van der Waals surface area contributed by atoms with Gasteiger partial charge in [0, 0.05) is 37.5 Å². The summed E-state index contributed by atoms with van der Waals surface area (Å²) in [7, 11) is 1.68. The van der Waals surface area contributed by atoms with Crippen molar-refractivity contribution in [2.45, 2.75) is 6.92 Å². The Hall–Kier alpha value is -2.92. The van der Waals surface area contributed by atoms with Gasteiger partial charge in [0.1, 0.15) is 5.82 Å². The summed E-state index contributed by atoms with van der Waals surface area (Å²) in [4.78, 5) is 11.6. The first-order valence-corrected chi connectivity index (χ1v) is 8.81. The van der Waals surface area contributed by atoms with Crippen molar-refractivity contribution in [1.82, 2.24) is 9.97 Å². The van der Waals surface area contributed by atoms with Gasteiger partial charge in [-0.3, -0.25) is 0 Å². The molecule has 5 heteroatoms. The first-order valence-electron chi connectivity index (χ1n) is 8.81. The monoisotopic (exact) mass is 348 g/mol. The van der Waals surface area contributed by atoms with Crippen molar-refractivity contribution in [3.05, 3.63) is 66.7 Å². The van der Waals surface area contributed by atoms with Crippen LogP contribution in [0, 0.1) is 0 Å². The zero-order chi connectivity index (χ0) is 18.2. The highest BCUT2D eigenvalue weighted by atomic mass is 16.5. The third-order valence-corrected chi connectivity index (χ3v) is 4.03. The van der Waals surface area contributed by atoms with Crippen LogP contribution in [0.1, 0.15) is 6.92 Å². The number of rotatable bonds is 8. The molecule has 0 saturated heterocycles. The van der Waals surface area contributed by atoms with E-state index in [1.54, 1.807) is 7.11 Å². The van der Waals surface area contributed by atoms with Crippen LogP contribution in [0.15, 0.2) is 66.7 Å². The Balaban J connectivity index is 2.01. The van der Waals surface area contributed by atoms with E-state index in [4.69, 9.17) is 9.72 Å². The Kier molecular flexibility index (Phi) is 6.17. The summed E-state index contributed by atoms with van der Waals surface area (Å²) in [6.07, 6.45) is 0. The fourth-order valence-corrected chi connectivity index (χ4v) is 2.76. The molecule has 0 aliphatic heterocycles. The van der Waals surface area contributed by atoms with E-state index in [0.29, 0.717) is 19.1 Å². The third-order valence-electron chi connectivity index (χ3n) is 4.03. The Labute approximate surface area is 154 Å². The van der Waals surface area contributed by atoms with Crippen LogP contribution in [-0.4, -0.2) is 36.8 Å². The molecular formula is C21H24N4O. The molecule has 134 valence electrons. The predicted octanol–water partition coefficient (Wildman–Crippen LogP) is 4.36. The van der Waals surface area contributed by atoms with Gasteiger partial charge >= 0.3 is 0 Å². The van der Waals surface area contributed by atoms with Crippen molar-refractivity contribution in [1.29, 1.82) is 0 Å². The maximum Gasteiger partial charge on any atom is 0.225 e. The van der Waals surface area contributed by atoms with Gasteiger partial charge in [-0.25, -0.2) is 4.98 Å². The number of methoxy groups -OCH3 is 1. The van der Waals surface area contributed by atoms with Crippen LogP contribution < -0.4 is 10.2 Å². The zero-order valence-corrected chi connectivity index (χ0v) is 15.2. The highest BCUT2D eigenvalue weighted by Crippen LogP contribution is 2.28.